The summed E-state index contributed by atoms with van der Waals surface area (Å²) in [6.45, 7) is 4.91. The standard InChI is InChI=1S/C25H29N7O3/c1-16-12-18(5-6-19(16)22-27-15-32(30-22)21-4-2-3-9-35-21)20-13-26-23-24(28-20)31(25(33)29-23)14-17-7-10-34-11-8-17/h5-6,12-13,15,17,21H,2-4,7-11,14H2,1H3,(H,26,29,33). The molecule has 0 aliphatic carbocycles. The molecule has 2 aliphatic rings. The summed E-state index contributed by atoms with van der Waals surface area (Å²) in [4.78, 5) is 29.3. The van der Waals surface area contributed by atoms with Crippen LogP contribution in [0.1, 0.15) is 43.9 Å². The fourth-order valence-electron chi connectivity index (χ4n) is 4.96. The van der Waals surface area contributed by atoms with Gasteiger partial charge in [-0.15, -0.1) is 5.10 Å². The Morgan fingerprint density at radius 2 is 2.00 bits per heavy atom. The smallest absolute Gasteiger partial charge is 0.328 e. The molecule has 1 atom stereocenters. The zero-order valence-corrected chi connectivity index (χ0v) is 19.8. The van der Waals surface area contributed by atoms with E-state index in [0.717, 1.165) is 74.3 Å². The molecule has 10 nitrogen and oxygen atoms in total. The van der Waals surface area contributed by atoms with E-state index in [9.17, 15) is 4.79 Å². The van der Waals surface area contributed by atoms with Crippen LogP contribution in [0.2, 0.25) is 0 Å². The Morgan fingerprint density at radius 1 is 1.11 bits per heavy atom. The molecule has 2 fully saturated rings. The highest BCUT2D eigenvalue weighted by Gasteiger charge is 2.20. The number of hydrogen-bond acceptors (Lipinski definition) is 7. The average Bonchev–Trinajstić information content (AvgIpc) is 3.50. The van der Waals surface area contributed by atoms with Crippen molar-refractivity contribution >= 4 is 11.3 Å². The molecule has 0 amide bonds. The number of nitrogens with zero attached hydrogens (tertiary/aromatic N) is 6. The summed E-state index contributed by atoms with van der Waals surface area (Å²) >= 11 is 0. The first-order valence-corrected chi connectivity index (χ1v) is 12.3. The topological polar surface area (TPSA) is 113 Å². The van der Waals surface area contributed by atoms with E-state index in [4.69, 9.17) is 14.5 Å². The van der Waals surface area contributed by atoms with Crippen LogP contribution in [-0.4, -0.2) is 54.1 Å². The highest BCUT2D eigenvalue weighted by Crippen LogP contribution is 2.28. The number of H-pyrrole nitrogens is 1. The van der Waals surface area contributed by atoms with E-state index in [2.05, 4.69) is 26.1 Å². The second-order valence-corrected chi connectivity index (χ2v) is 9.42. The van der Waals surface area contributed by atoms with Crippen molar-refractivity contribution in [3.8, 4) is 22.6 Å². The van der Waals surface area contributed by atoms with E-state index in [1.54, 1.807) is 17.1 Å². The number of aromatic nitrogens is 7. The zero-order valence-electron chi connectivity index (χ0n) is 19.8. The SMILES string of the molecule is Cc1cc(-c2cnc3[nH]c(=O)n(CC4CCOCC4)c3n2)ccc1-c1ncn(C2CCCCO2)n1. The van der Waals surface area contributed by atoms with Crippen LogP contribution in [0.5, 0.6) is 0 Å². The van der Waals surface area contributed by atoms with Crippen LogP contribution < -0.4 is 5.69 Å². The Bertz CT molecular complexity index is 1390. The second kappa shape index (κ2) is 9.35. The maximum absolute atomic E-state index is 12.6. The summed E-state index contributed by atoms with van der Waals surface area (Å²) in [7, 11) is 0. The van der Waals surface area contributed by atoms with E-state index in [0.29, 0.717) is 29.6 Å². The molecule has 0 spiro atoms. The number of benzene rings is 1. The molecule has 0 radical (unpaired) electrons. The first-order chi connectivity index (χ1) is 17.2. The molecule has 0 bridgehead atoms. The summed E-state index contributed by atoms with van der Waals surface area (Å²) in [5.74, 6) is 1.08. The molecule has 0 saturated carbocycles. The minimum Gasteiger partial charge on any atom is -0.381 e. The van der Waals surface area contributed by atoms with Gasteiger partial charge in [0.15, 0.2) is 23.3 Å². The number of imidazole rings is 1. The molecule has 5 heterocycles. The van der Waals surface area contributed by atoms with Crippen molar-refractivity contribution in [3.05, 3.63) is 46.8 Å². The molecule has 1 aromatic carbocycles. The van der Waals surface area contributed by atoms with Gasteiger partial charge in [0.1, 0.15) is 6.33 Å². The molecule has 182 valence electrons. The fraction of sp³-hybridized carbons (Fsp3) is 0.480. The number of aromatic amines is 1. The Hall–Kier alpha value is -3.37. The minimum atomic E-state index is -0.168. The number of aryl methyl sites for hydroxylation is 1. The van der Waals surface area contributed by atoms with E-state index >= 15 is 0 Å². The highest BCUT2D eigenvalue weighted by molar-refractivity contribution is 5.73. The van der Waals surface area contributed by atoms with Gasteiger partial charge in [-0.05, 0) is 56.6 Å². The lowest BCUT2D eigenvalue weighted by molar-refractivity contribution is -0.0395. The molecular formula is C25H29N7O3. The Labute approximate surface area is 202 Å². The number of hydrogen-bond donors (Lipinski definition) is 1. The first kappa shape index (κ1) is 22.1. The van der Waals surface area contributed by atoms with Gasteiger partial charge in [0.2, 0.25) is 0 Å². The predicted octanol–water partition coefficient (Wildman–Crippen LogP) is 3.48. The third kappa shape index (κ3) is 4.39. The lowest BCUT2D eigenvalue weighted by atomic mass is 10.0. The molecule has 1 unspecified atom stereocenters. The number of ether oxygens (including phenoxy) is 2. The van der Waals surface area contributed by atoms with Crippen LogP contribution in [0.4, 0.5) is 0 Å². The van der Waals surface area contributed by atoms with Crippen LogP contribution >= 0.6 is 0 Å². The van der Waals surface area contributed by atoms with Crippen molar-refractivity contribution in [1.29, 1.82) is 0 Å². The number of nitrogens with one attached hydrogen (secondary N) is 1. The van der Waals surface area contributed by atoms with Crippen LogP contribution in [0, 0.1) is 12.8 Å². The van der Waals surface area contributed by atoms with Gasteiger partial charge in [-0.25, -0.2) is 24.4 Å². The van der Waals surface area contributed by atoms with E-state index < -0.39 is 0 Å². The first-order valence-electron chi connectivity index (χ1n) is 12.3. The van der Waals surface area contributed by atoms with Crippen molar-refractivity contribution < 1.29 is 9.47 Å². The van der Waals surface area contributed by atoms with Gasteiger partial charge < -0.3 is 9.47 Å². The van der Waals surface area contributed by atoms with Crippen LogP contribution in [0.15, 0.2) is 35.5 Å². The third-order valence-electron chi connectivity index (χ3n) is 6.98. The van der Waals surface area contributed by atoms with Crippen molar-refractivity contribution in [2.24, 2.45) is 5.92 Å². The molecule has 4 aromatic rings. The average molecular weight is 476 g/mol. The van der Waals surface area contributed by atoms with Crippen LogP contribution in [-0.2, 0) is 16.0 Å². The molecule has 6 rings (SSSR count). The lowest BCUT2D eigenvalue weighted by Gasteiger charge is -2.22. The quantitative estimate of drug-likeness (QED) is 0.470. The molecular weight excluding hydrogens is 446 g/mol. The molecule has 2 aliphatic heterocycles. The fourth-order valence-corrected chi connectivity index (χ4v) is 4.96. The summed E-state index contributed by atoms with van der Waals surface area (Å²) in [5.41, 5.74) is 4.60. The van der Waals surface area contributed by atoms with Crippen molar-refractivity contribution in [2.75, 3.05) is 19.8 Å². The Balaban J connectivity index is 1.28. The van der Waals surface area contributed by atoms with Gasteiger partial charge in [0.25, 0.3) is 0 Å². The normalized spacial score (nSPS) is 19.4. The van der Waals surface area contributed by atoms with Crippen LogP contribution in [0.3, 0.4) is 0 Å². The molecule has 35 heavy (non-hydrogen) atoms. The number of fused-ring (bicyclic) bond motifs is 1. The van der Waals surface area contributed by atoms with Gasteiger partial charge in [-0.1, -0.05) is 12.1 Å². The van der Waals surface area contributed by atoms with Gasteiger partial charge in [0.05, 0.1) is 11.9 Å². The van der Waals surface area contributed by atoms with E-state index in [1.165, 1.54) is 0 Å². The van der Waals surface area contributed by atoms with Crippen LogP contribution in [0.25, 0.3) is 33.9 Å². The van der Waals surface area contributed by atoms with Crippen molar-refractivity contribution in [1.82, 2.24) is 34.3 Å². The number of rotatable bonds is 5. The third-order valence-corrected chi connectivity index (χ3v) is 6.98. The molecule has 10 heteroatoms. The van der Waals surface area contributed by atoms with E-state index in [1.807, 2.05) is 23.7 Å². The zero-order chi connectivity index (χ0) is 23.8. The van der Waals surface area contributed by atoms with E-state index in [-0.39, 0.29) is 11.9 Å². The van der Waals surface area contributed by atoms with Gasteiger partial charge in [0, 0.05) is 37.5 Å². The maximum atomic E-state index is 12.6. The summed E-state index contributed by atoms with van der Waals surface area (Å²) in [6, 6.07) is 6.09. The Morgan fingerprint density at radius 3 is 2.80 bits per heavy atom. The van der Waals surface area contributed by atoms with Gasteiger partial charge >= 0.3 is 5.69 Å². The summed E-state index contributed by atoms with van der Waals surface area (Å²) in [6.07, 6.45) is 8.52. The molecule has 3 aromatic heterocycles. The largest absolute Gasteiger partial charge is 0.381 e. The van der Waals surface area contributed by atoms with Gasteiger partial charge in [-0.3, -0.25) is 9.55 Å². The molecule has 1 N–H and O–H groups in total. The predicted molar refractivity (Wildman–Crippen MR) is 130 cm³/mol. The lowest BCUT2D eigenvalue weighted by Crippen LogP contribution is -2.26. The summed E-state index contributed by atoms with van der Waals surface area (Å²) in [5, 5.41) is 4.68. The van der Waals surface area contributed by atoms with Gasteiger partial charge in [-0.2, -0.15) is 0 Å². The minimum absolute atomic E-state index is 0.0355. The highest BCUT2D eigenvalue weighted by atomic mass is 16.5. The summed E-state index contributed by atoms with van der Waals surface area (Å²) < 4.78 is 14.8. The Kier molecular flexibility index (Phi) is 5.91. The monoisotopic (exact) mass is 475 g/mol. The van der Waals surface area contributed by atoms with Crippen molar-refractivity contribution in [2.45, 2.75) is 51.8 Å². The van der Waals surface area contributed by atoms with Crippen molar-refractivity contribution in [3.63, 3.8) is 0 Å². The molecule has 2 saturated heterocycles. The second-order valence-electron chi connectivity index (χ2n) is 9.42. The maximum Gasteiger partial charge on any atom is 0.328 e.